The van der Waals surface area contributed by atoms with Crippen LogP contribution < -0.4 is 5.32 Å². The molecule has 6 nitrogen and oxygen atoms in total. The van der Waals surface area contributed by atoms with Crippen molar-refractivity contribution >= 4 is 22.8 Å². The largest absolute Gasteiger partial charge is 0.331 e. The summed E-state index contributed by atoms with van der Waals surface area (Å²) in [4.78, 5) is 10.9. The summed E-state index contributed by atoms with van der Waals surface area (Å²) in [6.07, 6.45) is 24.4. The molecule has 3 aromatic carbocycles. The Morgan fingerprint density at radius 2 is 1.30 bits per heavy atom. The van der Waals surface area contributed by atoms with Crippen LogP contribution in [0.25, 0.3) is 17.0 Å². The van der Waals surface area contributed by atoms with Gasteiger partial charge in [-0.25, -0.2) is 0 Å². The fraction of sp³-hybridized carbons (Fsp3) is 0.483. The molecule has 0 saturated heterocycles. The lowest BCUT2D eigenvalue weighted by Gasteiger charge is -2.22. The maximum Gasteiger partial charge on any atom is 0.127 e. The molecule has 3 aliphatic heterocycles. The number of rotatable bonds is 1. The number of nitrogens with zero attached hydrogens (tertiary/aromatic N) is 4. The fourth-order valence-corrected chi connectivity index (χ4v) is 10.0. The quantitative estimate of drug-likeness (QED) is 0.176. The summed E-state index contributed by atoms with van der Waals surface area (Å²) < 4.78 is 0. The zero-order chi connectivity index (χ0) is 47.7. The molecule has 350 valence electrons. The minimum Gasteiger partial charge on any atom is -0.331 e. The number of aliphatic imine (C=N–C) groups is 1. The van der Waals surface area contributed by atoms with Crippen LogP contribution in [0.1, 0.15) is 172 Å². The third kappa shape index (κ3) is 11.2. The van der Waals surface area contributed by atoms with Crippen molar-refractivity contribution in [1.82, 2.24) is 25.4 Å². The first-order chi connectivity index (χ1) is 31.1. The number of hydrogen-bond acceptors (Lipinski definition) is 5. The Balaban J connectivity index is 0.000000123. The van der Waals surface area contributed by atoms with E-state index in [0.29, 0.717) is 16.9 Å². The number of nitrogens with one attached hydrogen (secondary N) is 2. The van der Waals surface area contributed by atoms with Gasteiger partial charge >= 0.3 is 0 Å². The van der Waals surface area contributed by atoms with Gasteiger partial charge in [-0.05, 0) is 133 Å². The predicted octanol–water partition coefficient (Wildman–Crippen LogP) is 14.2. The Bertz CT molecular complexity index is 2610. The third-order valence-electron chi connectivity index (χ3n) is 13.9. The van der Waals surface area contributed by atoms with Crippen molar-refractivity contribution in [2.45, 2.75) is 169 Å². The van der Waals surface area contributed by atoms with E-state index in [9.17, 15) is 0 Å². The molecule has 1 spiro atoms. The van der Waals surface area contributed by atoms with Crippen LogP contribution in [0, 0.1) is 5.92 Å². The highest BCUT2D eigenvalue weighted by atomic mass is 15.2. The van der Waals surface area contributed by atoms with Crippen LogP contribution in [0.4, 0.5) is 0 Å². The Morgan fingerprint density at radius 3 is 1.97 bits per heavy atom. The molecule has 66 heavy (non-hydrogen) atoms. The van der Waals surface area contributed by atoms with Crippen molar-refractivity contribution in [2.24, 2.45) is 10.9 Å². The highest BCUT2D eigenvalue weighted by molar-refractivity contribution is 5.96. The summed E-state index contributed by atoms with van der Waals surface area (Å²) >= 11 is 0. The van der Waals surface area contributed by atoms with E-state index < -0.39 is 0 Å². The summed E-state index contributed by atoms with van der Waals surface area (Å²) in [6.45, 7) is 34.7. The van der Waals surface area contributed by atoms with Crippen LogP contribution in [0.3, 0.4) is 0 Å². The van der Waals surface area contributed by atoms with Gasteiger partial charge in [0.05, 0.1) is 18.3 Å². The van der Waals surface area contributed by atoms with Crippen molar-refractivity contribution in [3.63, 3.8) is 0 Å². The summed E-state index contributed by atoms with van der Waals surface area (Å²) in [5.74, 6) is 1.74. The number of H-pyrrole nitrogens is 1. The Hall–Kier alpha value is -5.07. The van der Waals surface area contributed by atoms with Crippen LogP contribution in [-0.2, 0) is 53.0 Å². The molecule has 2 aromatic heterocycles. The van der Waals surface area contributed by atoms with Crippen molar-refractivity contribution in [1.29, 1.82) is 0 Å². The van der Waals surface area contributed by atoms with Crippen molar-refractivity contribution in [3.05, 3.63) is 159 Å². The van der Waals surface area contributed by atoms with E-state index in [4.69, 9.17) is 0 Å². The van der Waals surface area contributed by atoms with E-state index in [1.165, 1.54) is 70.9 Å². The monoisotopic (exact) mass is 885 g/mol. The Kier molecular flexibility index (Phi) is 14.3. The Labute approximate surface area is 398 Å². The summed E-state index contributed by atoms with van der Waals surface area (Å²) in [5.41, 5.74) is 18.8. The molecule has 6 heteroatoms. The van der Waals surface area contributed by atoms with E-state index in [0.717, 1.165) is 37.4 Å². The van der Waals surface area contributed by atoms with Crippen LogP contribution >= 0.6 is 0 Å². The van der Waals surface area contributed by atoms with Crippen molar-refractivity contribution < 1.29 is 0 Å². The lowest BCUT2D eigenvalue weighted by molar-refractivity contribution is 0.565. The fourth-order valence-electron chi connectivity index (χ4n) is 10.0. The number of pyridine rings is 1. The van der Waals surface area contributed by atoms with E-state index in [-0.39, 0.29) is 16.2 Å². The first kappa shape index (κ1) is 48.9. The lowest BCUT2D eigenvalue weighted by Crippen LogP contribution is -2.23. The highest BCUT2D eigenvalue weighted by Gasteiger charge is 2.49. The minimum absolute atomic E-state index is 0.173. The molecule has 0 radical (unpaired) electrons. The van der Waals surface area contributed by atoms with Gasteiger partial charge in [-0.2, -0.15) is 5.10 Å². The molecule has 0 atom stereocenters. The molecule has 3 aliphatic carbocycles. The van der Waals surface area contributed by atoms with E-state index in [1.54, 1.807) is 27.8 Å². The number of para-hydroxylation sites is 1. The number of fused-ring (bicyclic) bond motifs is 6. The van der Waals surface area contributed by atoms with Crippen molar-refractivity contribution in [2.75, 3.05) is 13.1 Å². The predicted molar refractivity (Wildman–Crippen MR) is 282 cm³/mol. The van der Waals surface area contributed by atoms with Gasteiger partial charge in [-0.15, -0.1) is 0 Å². The highest BCUT2D eigenvalue weighted by Crippen LogP contribution is 2.52. The number of benzene rings is 3. The SMILES string of the molecule is CC(C)(C)c1cccc2c1CCC2.CC(C)(C)c1cccc2c1CNC21CC1.CC(C)(C)c1cccc2cn[nH]c12.CC(C)(C)c1cncc2c1C=CC2.CC(C)C1=CN2CCN=C2C=C1. The first-order valence-electron chi connectivity index (χ1n) is 24.8. The molecule has 2 N–H and O–H groups in total. The second-order valence-electron chi connectivity index (χ2n) is 23.6. The molecule has 0 bridgehead atoms. The van der Waals surface area contributed by atoms with Crippen LogP contribution in [-0.4, -0.2) is 39.0 Å². The molecular weight excluding hydrogens is 805 g/mol. The van der Waals surface area contributed by atoms with Crippen LogP contribution in [0.2, 0.25) is 0 Å². The van der Waals surface area contributed by atoms with E-state index in [1.807, 2.05) is 18.6 Å². The van der Waals surface area contributed by atoms with Crippen molar-refractivity contribution in [3.8, 4) is 0 Å². The Morgan fingerprint density at radius 1 is 0.652 bits per heavy atom. The smallest absolute Gasteiger partial charge is 0.127 e. The zero-order valence-corrected chi connectivity index (χ0v) is 43.0. The number of hydrogen-bond donors (Lipinski definition) is 2. The normalized spacial score (nSPS) is 17.2. The van der Waals surface area contributed by atoms with Crippen LogP contribution in [0.5, 0.6) is 0 Å². The standard InChI is InChI=1S/C14H19N.C13H18.C12H15N.C11H14N2.C10H14N2/c1-13(2,3)11-5-4-6-12-10(11)9-15-14(12)7-8-14;1-13(2,3)12-9-5-7-10-6-4-8-11(10)12;1-12(2,3)11-8-13-7-9-5-4-6-10(9)11;1-11(2,3)9-6-4-5-8-7-12-13-10(8)9;1-8(2)9-3-4-10-11-5-6-12(10)7-9/h4-6,15H,7-9H2,1-3H3;5,7,9H,4,6,8H2,1-3H3;4,6-8H,5H2,1-3H3;4-7H,1-3H3,(H,12,13);3-4,7-8H,5-6H2,1-2H3. The average Bonchev–Trinajstić information content (AvgIpc) is 3.90. The second kappa shape index (κ2) is 19.3. The van der Waals surface area contributed by atoms with Gasteiger partial charge in [-0.1, -0.05) is 170 Å². The maximum atomic E-state index is 4.36. The average molecular weight is 885 g/mol. The van der Waals surface area contributed by atoms with Gasteiger partial charge in [0.1, 0.15) is 5.84 Å². The summed E-state index contributed by atoms with van der Waals surface area (Å²) in [7, 11) is 0. The second-order valence-corrected chi connectivity index (χ2v) is 23.6. The van der Waals surface area contributed by atoms with Gasteiger partial charge in [0.25, 0.3) is 0 Å². The van der Waals surface area contributed by atoms with Gasteiger partial charge in [-0.3, -0.25) is 15.1 Å². The molecule has 1 saturated carbocycles. The number of aryl methyl sites for hydroxylation is 1. The van der Waals surface area contributed by atoms with Gasteiger partial charge < -0.3 is 10.2 Å². The number of allylic oxidation sites excluding steroid dienone is 3. The van der Waals surface area contributed by atoms with Gasteiger partial charge in [0.2, 0.25) is 0 Å². The first-order valence-corrected chi connectivity index (χ1v) is 24.8. The number of aromatic nitrogens is 3. The number of aromatic amines is 1. The summed E-state index contributed by atoms with van der Waals surface area (Å²) in [6, 6.07) is 19.9. The number of amidine groups is 1. The molecular formula is C60H80N6. The maximum absolute atomic E-state index is 4.36. The molecule has 0 amide bonds. The summed E-state index contributed by atoms with van der Waals surface area (Å²) in [5, 5.41) is 12.0. The lowest BCUT2D eigenvalue weighted by atomic mass is 9.82. The molecule has 6 aliphatic rings. The third-order valence-corrected chi connectivity index (χ3v) is 13.9. The molecule has 0 unspecified atom stereocenters. The molecule has 5 heterocycles. The molecule has 1 fully saturated rings. The van der Waals surface area contributed by atoms with Gasteiger partial charge in [0.15, 0.2) is 0 Å². The topological polar surface area (TPSA) is 69.2 Å². The van der Waals surface area contributed by atoms with Gasteiger partial charge in [0, 0.05) is 42.6 Å². The molecule has 11 rings (SSSR count). The molecule has 5 aromatic rings. The van der Waals surface area contributed by atoms with E-state index in [2.05, 4.69) is 212 Å². The van der Waals surface area contributed by atoms with Crippen LogP contribution in [0.15, 0.2) is 108 Å². The minimum atomic E-state index is 0.173. The van der Waals surface area contributed by atoms with E-state index >= 15 is 0 Å². The zero-order valence-electron chi connectivity index (χ0n) is 43.0.